The number of nitrogens with two attached hydrogens (primary N) is 2. The van der Waals surface area contributed by atoms with E-state index in [4.69, 9.17) is 55.5 Å². The number of aliphatic hydroxyl groups is 2. The number of benzene rings is 3. The lowest BCUT2D eigenvalue weighted by molar-refractivity contribution is 0.279. The van der Waals surface area contributed by atoms with E-state index in [1.807, 2.05) is 44.2 Å². The molecule has 0 aliphatic carbocycles. The molecule has 18 nitrogen and oxygen atoms in total. The van der Waals surface area contributed by atoms with Crippen LogP contribution in [0, 0.1) is 17.7 Å². The highest BCUT2D eigenvalue weighted by Gasteiger charge is 2.16. The number of phenolic OH excluding ortho intramolecular Hbond substituents is 2. The van der Waals surface area contributed by atoms with Crippen LogP contribution in [-0.2, 0) is 26.7 Å². The Morgan fingerprint density at radius 3 is 1.53 bits per heavy atom. The molecule has 3 aromatic carbocycles. The summed E-state index contributed by atoms with van der Waals surface area (Å²) in [5.41, 5.74) is 13.5. The zero-order chi connectivity index (χ0) is 44.1. The van der Waals surface area contributed by atoms with Crippen molar-refractivity contribution < 1.29 is 60.3 Å². The Hall–Kier alpha value is -5.51. The lowest BCUT2D eigenvalue weighted by atomic mass is 10.0. The molecule has 0 unspecified atom stereocenters. The highest BCUT2D eigenvalue weighted by atomic mass is 32.2. The van der Waals surface area contributed by atoms with Crippen LogP contribution in [0.3, 0.4) is 0 Å². The molecule has 0 spiro atoms. The number of aliphatic hydroxyl groups excluding tert-OH is 2. The largest absolute Gasteiger partial charge is 0.507 e. The fourth-order valence-corrected chi connectivity index (χ4v) is 4.87. The van der Waals surface area contributed by atoms with Crippen LogP contribution in [-0.4, -0.2) is 96.0 Å². The Kier molecular flexibility index (Phi) is 21.8. The second kappa shape index (κ2) is 25.0. The van der Waals surface area contributed by atoms with Gasteiger partial charge in [0.1, 0.15) is 51.4 Å². The number of rotatable bonds is 16. The normalized spacial score (nSPS) is 10.7. The monoisotopic (exact) mass is 852 g/mol. The second-order valence-electron chi connectivity index (χ2n) is 12.5. The summed E-state index contributed by atoms with van der Waals surface area (Å²) >= 11 is 0. The van der Waals surface area contributed by atoms with Crippen LogP contribution >= 0.6 is 0 Å². The second-order valence-corrected chi connectivity index (χ2v) is 15.6. The molecule has 0 fully saturated rings. The minimum Gasteiger partial charge on any atom is -0.507 e. The van der Waals surface area contributed by atoms with E-state index in [1.54, 1.807) is 31.2 Å². The Morgan fingerprint density at radius 1 is 0.759 bits per heavy atom. The first kappa shape index (κ1) is 50.5. The number of nitrogens with one attached hydrogen (secondary N) is 2. The molecule has 12 N–H and O–H groups in total. The number of hydrogen-bond donors (Lipinski definition) is 10. The average Bonchev–Trinajstić information content (AvgIpc) is 3.11. The maximum absolute atomic E-state index is 11.9. The molecule has 0 saturated heterocycles. The summed E-state index contributed by atoms with van der Waals surface area (Å²) in [6, 6.07) is 17.1. The van der Waals surface area contributed by atoms with Gasteiger partial charge in [-0.15, -0.1) is 0 Å². The molecule has 4 aromatic rings. The molecule has 320 valence electrons. The van der Waals surface area contributed by atoms with Gasteiger partial charge in [0, 0.05) is 28.8 Å². The number of aromatic hydroxyl groups is 2. The molecule has 0 aliphatic rings. The van der Waals surface area contributed by atoms with Gasteiger partial charge in [-0.3, -0.25) is 24.7 Å². The maximum Gasteiger partial charge on any atom is 0.267 e. The number of hydrogen-bond acceptors (Lipinski definition) is 14. The molecule has 0 amide bonds. The fraction of sp³-hybridized carbons (Fsp3) is 0.342. The van der Waals surface area contributed by atoms with Crippen molar-refractivity contribution in [3.8, 4) is 23.0 Å². The van der Waals surface area contributed by atoms with Gasteiger partial charge < -0.3 is 45.8 Å². The van der Waals surface area contributed by atoms with Crippen LogP contribution in [0.4, 0.5) is 0 Å². The number of ether oxygens (including phenoxy) is 2. The SMILES string of the molecule is CC(C)=CCc1c(O)cc2oc(C)cc(=O)c2c1O.N=C(N)c1ccc(OCCCCCOc2ccc(C(=N)N)cc2)cc1.O=S(=O)(O)CCO.O=S(=O)(O)CCO. The van der Waals surface area contributed by atoms with Crippen LogP contribution in [0.5, 0.6) is 23.0 Å². The predicted molar refractivity (Wildman–Crippen MR) is 220 cm³/mol. The minimum atomic E-state index is -3.92. The van der Waals surface area contributed by atoms with Crippen molar-refractivity contribution in [3.63, 3.8) is 0 Å². The van der Waals surface area contributed by atoms with E-state index < -0.39 is 45.0 Å². The van der Waals surface area contributed by atoms with E-state index >= 15 is 0 Å². The Labute approximate surface area is 336 Å². The van der Waals surface area contributed by atoms with E-state index in [0.717, 1.165) is 36.3 Å². The Bertz CT molecular complexity index is 2140. The quantitative estimate of drug-likeness (QED) is 0.0253. The maximum atomic E-state index is 11.9. The lowest BCUT2D eigenvalue weighted by Gasteiger charge is -2.08. The first-order valence-corrected chi connectivity index (χ1v) is 20.7. The van der Waals surface area contributed by atoms with E-state index in [-0.39, 0.29) is 39.6 Å². The standard InChI is InChI=1S/C19H24N4O2.C15H16O4.2C2H6O4S/c20-18(21)14-4-8-16(9-5-14)24-12-2-1-3-13-25-17-10-6-15(7-11-17)19(22)23;1-8(2)4-5-10-11(16)7-13-14(15(10)18)12(17)6-9(3)19-13;2*3-1-2-7(4,5)6/h4-11H,1-3,12-13H2,(H3,20,21)(H3,22,23);4,6-7,16,18H,5H2,1-3H3;2*3H,1-2H2,(H,4,5,6). The molecule has 0 aliphatic heterocycles. The van der Waals surface area contributed by atoms with E-state index in [0.29, 0.717) is 42.1 Å². The third-order valence-corrected chi connectivity index (χ3v) is 8.66. The number of fused-ring (bicyclic) bond motifs is 1. The topological polar surface area (TPSA) is 338 Å². The summed E-state index contributed by atoms with van der Waals surface area (Å²) in [6.07, 6.45) is 5.14. The molecule has 0 atom stereocenters. The van der Waals surface area contributed by atoms with Crippen molar-refractivity contribution in [3.05, 3.63) is 105 Å². The first-order valence-electron chi connectivity index (χ1n) is 17.5. The number of unbranched alkanes of at least 4 members (excludes halogenated alkanes) is 2. The molecular weight excluding hydrogens is 801 g/mol. The Morgan fingerprint density at radius 2 is 1.19 bits per heavy atom. The number of amidine groups is 2. The van der Waals surface area contributed by atoms with E-state index in [1.165, 1.54) is 12.1 Å². The molecule has 0 bridgehead atoms. The molecule has 1 aromatic heterocycles. The van der Waals surface area contributed by atoms with Gasteiger partial charge >= 0.3 is 0 Å². The molecule has 4 rings (SSSR count). The van der Waals surface area contributed by atoms with Crippen LogP contribution in [0.15, 0.2) is 81.5 Å². The summed E-state index contributed by atoms with van der Waals surface area (Å²) in [6.45, 7) is 5.73. The minimum absolute atomic E-state index is 0.0579. The third kappa shape index (κ3) is 20.6. The smallest absolute Gasteiger partial charge is 0.267 e. The zero-order valence-corrected chi connectivity index (χ0v) is 34.0. The van der Waals surface area contributed by atoms with Crippen molar-refractivity contribution in [2.24, 2.45) is 11.5 Å². The number of phenols is 2. The fourth-order valence-electron chi connectivity index (χ4n) is 4.41. The summed E-state index contributed by atoms with van der Waals surface area (Å²) in [4.78, 5) is 11.9. The highest BCUT2D eigenvalue weighted by Crippen LogP contribution is 2.34. The molecule has 0 saturated carbocycles. The van der Waals surface area contributed by atoms with E-state index in [2.05, 4.69) is 0 Å². The molecule has 0 radical (unpaired) electrons. The first-order chi connectivity index (χ1) is 27.1. The summed E-state index contributed by atoms with van der Waals surface area (Å²) < 4.78 is 70.8. The highest BCUT2D eigenvalue weighted by molar-refractivity contribution is 7.86. The average molecular weight is 853 g/mol. The number of aryl methyl sites for hydroxylation is 1. The third-order valence-electron chi connectivity index (χ3n) is 7.27. The van der Waals surface area contributed by atoms with Crippen molar-refractivity contribution in [1.29, 1.82) is 10.8 Å². The van der Waals surface area contributed by atoms with Gasteiger partial charge in [-0.1, -0.05) is 11.6 Å². The van der Waals surface area contributed by atoms with Gasteiger partial charge in [-0.2, -0.15) is 16.8 Å². The van der Waals surface area contributed by atoms with Crippen molar-refractivity contribution in [2.45, 2.75) is 46.5 Å². The van der Waals surface area contributed by atoms with Gasteiger partial charge in [0.05, 0.1) is 37.9 Å². The van der Waals surface area contributed by atoms with Crippen molar-refractivity contribution in [1.82, 2.24) is 0 Å². The van der Waals surface area contributed by atoms with Crippen LogP contribution in [0.25, 0.3) is 11.0 Å². The van der Waals surface area contributed by atoms with Gasteiger partial charge in [-0.25, -0.2) is 0 Å². The summed E-state index contributed by atoms with van der Waals surface area (Å²) in [5, 5.41) is 50.6. The Balaban J connectivity index is 0.000000445. The van der Waals surface area contributed by atoms with E-state index in [9.17, 15) is 31.8 Å². The summed E-state index contributed by atoms with van der Waals surface area (Å²) in [7, 11) is -7.85. The predicted octanol–water partition coefficient (Wildman–Crippen LogP) is 3.64. The molecule has 58 heavy (non-hydrogen) atoms. The van der Waals surface area contributed by atoms with Gasteiger partial charge in [0.15, 0.2) is 5.43 Å². The van der Waals surface area contributed by atoms with Gasteiger partial charge in [0.2, 0.25) is 0 Å². The zero-order valence-electron chi connectivity index (χ0n) is 32.3. The molecular formula is C38H52N4O14S2. The van der Waals surface area contributed by atoms with Crippen molar-refractivity contribution in [2.75, 3.05) is 37.9 Å². The molecule has 1 heterocycles. The van der Waals surface area contributed by atoms with Crippen LogP contribution in [0.2, 0.25) is 0 Å². The van der Waals surface area contributed by atoms with Gasteiger partial charge in [-0.05, 0) is 95.0 Å². The molecule has 20 heteroatoms. The summed E-state index contributed by atoms with van der Waals surface area (Å²) in [5.74, 6) is 0.689. The van der Waals surface area contributed by atoms with Gasteiger partial charge in [0.25, 0.3) is 20.2 Å². The number of allylic oxidation sites excluding steroid dienone is 2. The van der Waals surface area contributed by atoms with Crippen molar-refractivity contribution >= 4 is 42.9 Å². The van der Waals surface area contributed by atoms with Crippen LogP contribution < -0.4 is 26.4 Å². The van der Waals surface area contributed by atoms with Crippen LogP contribution in [0.1, 0.15) is 55.6 Å². The lowest BCUT2D eigenvalue weighted by Crippen LogP contribution is -2.10. The number of nitrogen functional groups attached to an aromatic ring is 2.